The zero-order chi connectivity index (χ0) is 8.65. The van der Waals surface area contributed by atoms with Crippen molar-refractivity contribution in [3.63, 3.8) is 0 Å². The van der Waals surface area contributed by atoms with Crippen LogP contribution in [-0.4, -0.2) is 19.7 Å². The van der Waals surface area contributed by atoms with Gasteiger partial charge in [-0.25, -0.2) is 0 Å². The van der Waals surface area contributed by atoms with Crippen LogP contribution in [-0.2, 0) is 4.74 Å². The highest BCUT2D eigenvalue weighted by Crippen LogP contribution is 1.93. The maximum atomic E-state index is 4.57. The summed E-state index contributed by atoms with van der Waals surface area (Å²) in [6.45, 7) is 0. The maximum Gasteiger partial charge on any atom is 0.194 e. The standard InChI is InChI=1S/C9H10N2O/c1-12-8-11-10-7-9-5-3-2-4-6-9/h2-8H,1H3/b10-7+,11-8-. The molecule has 0 atom stereocenters. The zero-order valence-corrected chi connectivity index (χ0v) is 6.84. The van der Waals surface area contributed by atoms with E-state index in [0.717, 1.165) is 5.56 Å². The summed E-state index contributed by atoms with van der Waals surface area (Å²) in [6.07, 6.45) is 2.94. The van der Waals surface area contributed by atoms with Crippen LogP contribution in [0, 0.1) is 0 Å². The van der Waals surface area contributed by atoms with E-state index in [4.69, 9.17) is 0 Å². The molecule has 1 aromatic rings. The van der Waals surface area contributed by atoms with Crippen molar-refractivity contribution in [3.8, 4) is 0 Å². The molecule has 0 unspecified atom stereocenters. The van der Waals surface area contributed by atoms with Crippen LogP contribution in [0.2, 0.25) is 0 Å². The average molecular weight is 162 g/mol. The molecule has 0 saturated carbocycles. The summed E-state index contributed by atoms with van der Waals surface area (Å²) in [6, 6.07) is 9.75. The molecule has 0 heterocycles. The van der Waals surface area contributed by atoms with Gasteiger partial charge in [0, 0.05) is 0 Å². The molecule has 0 radical (unpaired) electrons. The van der Waals surface area contributed by atoms with Gasteiger partial charge in [-0.3, -0.25) is 0 Å². The molecule has 0 fully saturated rings. The van der Waals surface area contributed by atoms with Crippen molar-refractivity contribution < 1.29 is 4.74 Å². The summed E-state index contributed by atoms with van der Waals surface area (Å²) >= 11 is 0. The van der Waals surface area contributed by atoms with Crippen LogP contribution in [0.4, 0.5) is 0 Å². The first-order valence-electron chi connectivity index (χ1n) is 3.56. The Balaban J connectivity index is 2.52. The number of methoxy groups -OCH3 is 1. The first kappa shape index (κ1) is 8.46. The number of hydrogen-bond acceptors (Lipinski definition) is 3. The summed E-state index contributed by atoms with van der Waals surface area (Å²) in [7, 11) is 1.53. The lowest BCUT2D eigenvalue weighted by Gasteiger charge is -1.87. The molecule has 62 valence electrons. The van der Waals surface area contributed by atoms with Crippen LogP contribution in [0.1, 0.15) is 5.56 Å². The molecule has 3 heteroatoms. The summed E-state index contributed by atoms with van der Waals surface area (Å²) in [4.78, 5) is 0. The van der Waals surface area contributed by atoms with Gasteiger partial charge in [0.15, 0.2) is 6.40 Å². The van der Waals surface area contributed by atoms with Gasteiger partial charge in [0.05, 0.1) is 13.3 Å². The zero-order valence-electron chi connectivity index (χ0n) is 6.84. The monoisotopic (exact) mass is 162 g/mol. The molecule has 0 saturated heterocycles. The third-order valence-electron chi connectivity index (χ3n) is 1.23. The third-order valence-corrected chi connectivity index (χ3v) is 1.23. The summed E-state index contributed by atoms with van der Waals surface area (Å²) in [5.41, 5.74) is 1.02. The van der Waals surface area contributed by atoms with E-state index in [1.54, 1.807) is 6.21 Å². The van der Waals surface area contributed by atoms with Gasteiger partial charge in [-0.05, 0) is 5.56 Å². The van der Waals surface area contributed by atoms with Crippen LogP contribution in [0.5, 0.6) is 0 Å². The van der Waals surface area contributed by atoms with Crippen LogP contribution >= 0.6 is 0 Å². The van der Waals surface area contributed by atoms with Gasteiger partial charge in [-0.15, -0.1) is 5.10 Å². The first-order valence-corrected chi connectivity index (χ1v) is 3.56. The molecule has 0 aliphatic carbocycles. The molecule has 1 rings (SSSR count). The van der Waals surface area contributed by atoms with Crippen molar-refractivity contribution in [1.82, 2.24) is 0 Å². The fourth-order valence-corrected chi connectivity index (χ4v) is 0.713. The normalized spacial score (nSPS) is 11.1. The highest BCUT2D eigenvalue weighted by atomic mass is 16.5. The molecule has 12 heavy (non-hydrogen) atoms. The Morgan fingerprint density at radius 3 is 2.58 bits per heavy atom. The molecule has 0 bridgehead atoms. The van der Waals surface area contributed by atoms with Gasteiger partial charge < -0.3 is 4.74 Å². The molecule has 0 aliphatic rings. The van der Waals surface area contributed by atoms with E-state index in [1.807, 2.05) is 30.3 Å². The third kappa shape index (κ3) is 2.96. The van der Waals surface area contributed by atoms with Crippen molar-refractivity contribution in [1.29, 1.82) is 0 Å². The van der Waals surface area contributed by atoms with Gasteiger partial charge in [-0.1, -0.05) is 30.3 Å². The summed E-state index contributed by atoms with van der Waals surface area (Å²) in [5, 5.41) is 7.36. The lowest BCUT2D eigenvalue weighted by atomic mass is 10.2. The van der Waals surface area contributed by atoms with Gasteiger partial charge in [0.25, 0.3) is 0 Å². The lowest BCUT2D eigenvalue weighted by molar-refractivity contribution is 0.421. The minimum absolute atomic E-state index is 1.02. The molecule has 1 aromatic carbocycles. The van der Waals surface area contributed by atoms with E-state index >= 15 is 0 Å². The minimum atomic E-state index is 1.02. The van der Waals surface area contributed by atoms with Crippen molar-refractivity contribution in [3.05, 3.63) is 35.9 Å². The van der Waals surface area contributed by atoms with Gasteiger partial charge in [0.1, 0.15) is 0 Å². The second-order valence-corrected chi connectivity index (χ2v) is 2.11. The Labute approximate surface area is 71.4 Å². The van der Waals surface area contributed by atoms with Crippen LogP contribution < -0.4 is 0 Å². The fourth-order valence-electron chi connectivity index (χ4n) is 0.713. The van der Waals surface area contributed by atoms with E-state index in [1.165, 1.54) is 13.5 Å². The topological polar surface area (TPSA) is 34.0 Å². The maximum absolute atomic E-state index is 4.57. The van der Waals surface area contributed by atoms with Crippen molar-refractivity contribution >= 4 is 12.6 Å². The van der Waals surface area contributed by atoms with E-state index in [-0.39, 0.29) is 0 Å². The van der Waals surface area contributed by atoms with Crippen molar-refractivity contribution in [2.24, 2.45) is 10.2 Å². The molecule has 3 nitrogen and oxygen atoms in total. The lowest BCUT2D eigenvalue weighted by Crippen LogP contribution is -1.78. The van der Waals surface area contributed by atoms with E-state index in [0.29, 0.717) is 0 Å². The molecule has 0 N–H and O–H groups in total. The Morgan fingerprint density at radius 1 is 1.17 bits per heavy atom. The summed E-state index contributed by atoms with van der Waals surface area (Å²) in [5.74, 6) is 0. The van der Waals surface area contributed by atoms with Gasteiger partial charge in [0.2, 0.25) is 0 Å². The minimum Gasteiger partial charge on any atom is -0.485 e. The number of benzene rings is 1. The van der Waals surface area contributed by atoms with Gasteiger partial charge >= 0.3 is 0 Å². The Hall–Kier alpha value is -1.64. The molecular formula is C9H10N2O. The first-order chi connectivity index (χ1) is 5.93. The number of rotatable bonds is 3. The Bertz CT molecular complexity index is 267. The second-order valence-electron chi connectivity index (χ2n) is 2.11. The smallest absolute Gasteiger partial charge is 0.194 e. The van der Waals surface area contributed by atoms with E-state index < -0.39 is 0 Å². The molecule has 0 amide bonds. The van der Waals surface area contributed by atoms with Crippen LogP contribution in [0.25, 0.3) is 0 Å². The fraction of sp³-hybridized carbons (Fsp3) is 0.111. The highest BCUT2D eigenvalue weighted by Gasteiger charge is 1.80. The number of hydrogen-bond donors (Lipinski definition) is 0. The molecular weight excluding hydrogens is 152 g/mol. The van der Waals surface area contributed by atoms with Crippen LogP contribution in [0.15, 0.2) is 40.5 Å². The number of ether oxygens (including phenoxy) is 1. The molecule has 0 aliphatic heterocycles. The second kappa shape index (κ2) is 5.07. The van der Waals surface area contributed by atoms with Crippen LogP contribution in [0.3, 0.4) is 0 Å². The van der Waals surface area contributed by atoms with Crippen molar-refractivity contribution in [2.75, 3.05) is 7.11 Å². The Morgan fingerprint density at radius 2 is 1.92 bits per heavy atom. The number of nitrogens with zero attached hydrogens (tertiary/aromatic N) is 2. The summed E-state index contributed by atoms with van der Waals surface area (Å²) < 4.78 is 4.57. The van der Waals surface area contributed by atoms with E-state index in [2.05, 4.69) is 14.9 Å². The SMILES string of the molecule is CO/C=N\N=C\c1ccccc1. The largest absolute Gasteiger partial charge is 0.485 e. The predicted octanol–water partition coefficient (Wildman–Crippen LogP) is 1.70. The quantitative estimate of drug-likeness (QED) is 0.378. The highest BCUT2D eigenvalue weighted by molar-refractivity contribution is 5.79. The molecule has 0 aromatic heterocycles. The van der Waals surface area contributed by atoms with Gasteiger partial charge in [-0.2, -0.15) is 5.10 Å². The molecule has 0 spiro atoms. The van der Waals surface area contributed by atoms with Crippen molar-refractivity contribution in [2.45, 2.75) is 0 Å². The Kier molecular flexibility index (Phi) is 3.57. The van der Waals surface area contributed by atoms with E-state index in [9.17, 15) is 0 Å². The average Bonchev–Trinajstić information content (AvgIpc) is 2.14. The predicted molar refractivity (Wildman–Crippen MR) is 49.5 cm³/mol.